The van der Waals surface area contributed by atoms with Gasteiger partial charge in [-0.2, -0.15) is 5.10 Å². The summed E-state index contributed by atoms with van der Waals surface area (Å²) in [5.41, 5.74) is 0.270. The Labute approximate surface area is 118 Å². The normalized spacial score (nSPS) is 22.1. The maximum atomic E-state index is 11.2. The number of ether oxygens (including phenoxy) is 1. The summed E-state index contributed by atoms with van der Waals surface area (Å²) in [5.74, 6) is 0.492. The highest BCUT2D eigenvalue weighted by Gasteiger charge is 2.32. The standard InChI is InChI=1S/C13H22N4O3/c1-4-7-16-12(11(17(18)19)10(2)15-16)14-9-13(3)6-5-8-20-13/h14H,4-9H2,1-3H3. The number of hydrogen-bond acceptors (Lipinski definition) is 5. The monoisotopic (exact) mass is 282 g/mol. The van der Waals surface area contributed by atoms with Crippen LogP contribution in [0.3, 0.4) is 0 Å². The van der Waals surface area contributed by atoms with Crippen LogP contribution in [0.2, 0.25) is 0 Å². The minimum absolute atomic E-state index is 0.0695. The molecule has 1 atom stereocenters. The summed E-state index contributed by atoms with van der Waals surface area (Å²) in [6.07, 6.45) is 2.88. The van der Waals surface area contributed by atoms with Crippen LogP contribution in [0.25, 0.3) is 0 Å². The smallest absolute Gasteiger partial charge is 0.333 e. The molecule has 0 amide bonds. The molecule has 112 valence electrons. The van der Waals surface area contributed by atoms with Gasteiger partial charge in [0.1, 0.15) is 5.69 Å². The average Bonchev–Trinajstić information content (AvgIpc) is 2.92. The quantitative estimate of drug-likeness (QED) is 0.640. The molecule has 0 aromatic carbocycles. The first-order chi connectivity index (χ1) is 9.47. The van der Waals surface area contributed by atoms with E-state index in [-0.39, 0.29) is 16.2 Å². The predicted molar refractivity (Wildman–Crippen MR) is 76.0 cm³/mol. The molecule has 2 heterocycles. The van der Waals surface area contributed by atoms with Gasteiger partial charge in [0.15, 0.2) is 0 Å². The maximum Gasteiger partial charge on any atom is 0.333 e. The Kier molecular flexibility index (Phi) is 4.27. The molecule has 1 unspecified atom stereocenters. The molecular weight excluding hydrogens is 260 g/mol. The third-order valence-electron chi connectivity index (χ3n) is 3.64. The van der Waals surface area contributed by atoms with E-state index >= 15 is 0 Å². The van der Waals surface area contributed by atoms with Gasteiger partial charge in [-0.1, -0.05) is 6.92 Å². The molecule has 20 heavy (non-hydrogen) atoms. The van der Waals surface area contributed by atoms with Gasteiger partial charge in [0, 0.05) is 19.7 Å². The second-order valence-corrected chi connectivity index (χ2v) is 5.52. The fourth-order valence-corrected chi connectivity index (χ4v) is 2.59. The molecule has 0 radical (unpaired) electrons. The van der Waals surface area contributed by atoms with Crippen molar-refractivity contribution in [3.05, 3.63) is 15.8 Å². The van der Waals surface area contributed by atoms with Gasteiger partial charge in [-0.15, -0.1) is 0 Å². The number of nitrogens with one attached hydrogen (secondary N) is 1. The summed E-state index contributed by atoms with van der Waals surface area (Å²) in [6, 6.07) is 0. The van der Waals surface area contributed by atoms with Gasteiger partial charge in [0.05, 0.1) is 10.5 Å². The van der Waals surface area contributed by atoms with E-state index < -0.39 is 0 Å². The Hall–Kier alpha value is -1.63. The van der Waals surface area contributed by atoms with Gasteiger partial charge >= 0.3 is 5.69 Å². The van der Waals surface area contributed by atoms with Crippen molar-refractivity contribution in [2.75, 3.05) is 18.5 Å². The van der Waals surface area contributed by atoms with Crippen LogP contribution in [-0.4, -0.2) is 33.5 Å². The molecule has 1 aliphatic heterocycles. The van der Waals surface area contributed by atoms with E-state index in [1.54, 1.807) is 11.6 Å². The number of anilines is 1. The minimum atomic E-state index is -0.366. The zero-order valence-electron chi connectivity index (χ0n) is 12.3. The predicted octanol–water partition coefficient (Wildman–Crippen LogP) is 2.49. The molecule has 7 heteroatoms. The topological polar surface area (TPSA) is 82.2 Å². The molecule has 0 aliphatic carbocycles. The van der Waals surface area contributed by atoms with Crippen molar-refractivity contribution in [2.45, 2.75) is 52.2 Å². The molecule has 7 nitrogen and oxygen atoms in total. The highest BCUT2D eigenvalue weighted by atomic mass is 16.6. The third kappa shape index (κ3) is 2.92. The fraction of sp³-hybridized carbons (Fsp3) is 0.769. The van der Waals surface area contributed by atoms with Crippen molar-refractivity contribution in [2.24, 2.45) is 0 Å². The van der Waals surface area contributed by atoms with Gasteiger partial charge in [-0.25, -0.2) is 4.68 Å². The Bertz CT molecular complexity index is 492. The van der Waals surface area contributed by atoms with E-state index in [0.717, 1.165) is 25.9 Å². The second-order valence-electron chi connectivity index (χ2n) is 5.52. The Morgan fingerprint density at radius 2 is 2.35 bits per heavy atom. The largest absolute Gasteiger partial charge is 0.373 e. The van der Waals surface area contributed by atoms with E-state index in [0.29, 0.717) is 24.6 Å². The molecule has 1 saturated heterocycles. The van der Waals surface area contributed by atoms with Crippen LogP contribution >= 0.6 is 0 Å². The van der Waals surface area contributed by atoms with Crippen LogP contribution in [0.4, 0.5) is 11.5 Å². The van der Waals surface area contributed by atoms with E-state index in [2.05, 4.69) is 10.4 Å². The van der Waals surface area contributed by atoms with Gasteiger partial charge in [0.2, 0.25) is 5.82 Å². The van der Waals surface area contributed by atoms with Crippen molar-refractivity contribution in [3.8, 4) is 0 Å². The lowest BCUT2D eigenvalue weighted by Crippen LogP contribution is -2.33. The van der Waals surface area contributed by atoms with E-state index in [4.69, 9.17) is 4.74 Å². The number of aryl methyl sites for hydroxylation is 2. The summed E-state index contributed by atoms with van der Waals surface area (Å²) < 4.78 is 7.39. The van der Waals surface area contributed by atoms with E-state index in [1.807, 2.05) is 13.8 Å². The Morgan fingerprint density at radius 3 is 2.90 bits per heavy atom. The molecule has 0 saturated carbocycles. The first-order valence-corrected chi connectivity index (χ1v) is 7.06. The lowest BCUT2D eigenvalue weighted by molar-refractivity contribution is -0.384. The summed E-state index contributed by atoms with van der Waals surface area (Å²) >= 11 is 0. The average molecular weight is 282 g/mol. The summed E-state index contributed by atoms with van der Waals surface area (Å²) in [5, 5.41) is 18.7. The van der Waals surface area contributed by atoms with Crippen LogP contribution < -0.4 is 5.32 Å². The van der Waals surface area contributed by atoms with Crippen molar-refractivity contribution in [3.63, 3.8) is 0 Å². The van der Waals surface area contributed by atoms with Crippen molar-refractivity contribution in [1.82, 2.24) is 9.78 Å². The zero-order valence-corrected chi connectivity index (χ0v) is 12.3. The lowest BCUT2D eigenvalue weighted by Gasteiger charge is -2.23. The molecule has 0 bridgehead atoms. The van der Waals surface area contributed by atoms with Crippen LogP contribution in [-0.2, 0) is 11.3 Å². The number of aromatic nitrogens is 2. The van der Waals surface area contributed by atoms with E-state index in [1.165, 1.54) is 0 Å². The highest BCUT2D eigenvalue weighted by molar-refractivity contribution is 5.59. The Balaban J connectivity index is 2.21. The van der Waals surface area contributed by atoms with Gasteiger partial charge < -0.3 is 10.1 Å². The van der Waals surface area contributed by atoms with Crippen LogP contribution in [0.5, 0.6) is 0 Å². The lowest BCUT2D eigenvalue weighted by atomic mass is 10.0. The summed E-state index contributed by atoms with van der Waals surface area (Å²) in [4.78, 5) is 10.9. The zero-order chi connectivity index (χ0) is 14.8. The van der Waals surface area contributed by atoms with Gasteiger partial charge in [0.25, 0.3) is 0 Å². The molecule has 1 fully saturated rings. The van der Waals surface area contributed by atoms with Crippen LogP contribution in [0.15, 0.2) is 0 Å². The molecule has 0 spiro atoms. The number of nitrogens with zero attached hydrogens (tertiary/aromatic N) is 3. The third-order valence-corrected chi connectivity index (χ3v) is 3.64. The summed E-state index contributed by atoms with van der Waals surface area (Å²) in [7, 11) is 0. The highest BCUT2D eigenvalue weighted by Crippen LogP contribution is 2.31. The molecule has 2 rings (SSSR count). The number of rotatable bonds is 6. The van der Waals surface area contributed by atoms with Crippen molar-refractivity contribution >= 4 is 11.5 Å². The SMILES string of the molecule is CCCn1nc(C)c([N+](=O)[O-])c1NCC1(C)CCCO1. The van der Waals surface area contributed by atoms with Gasteiger partial charge in [-0.05, 0) is 33.1 Å². The molecular formula is C13H22N4O3. The minimum Gasteiger partial charge on any atom is -0.373 e. The van der Waals surface area contributed by atoms with Crippen LogP contribution in [0, 0.1) is 17.0 Å². The van der Waals surface area contributed by atoms with Crippen LogP contribution in [0.1, 0.15) is 38.8 Å². The molecule has 1 N–H and O–H groups in total. The molecule has 1 aromatic heterocycles. The Morgan fingerprint density at radius 1 is 1.60 bits per heavy atom. The van der Waals surface area contributed by atoms with E-state index in [9.17, 15) is 10.1 Å². The molecule has 1 aromatic rings. The second kappa shape index (κ2) is 5.78. The first kappa shape index (κ1) is 14.8. The van der Waals surface area contributed by atoms with Crippen molar-refractivity contribution in [1.29, 1.82) is 0 Å². The van der Waals surface area contributed by atoms with Gasteiger partial charge in [-0.3, -0.25) is 10.1 Å². The van der Waals surface area contributed by atoms with Crippen molar-refractivity contribution < 1.29 is 9.66 Å². The maximum absolute atomic E-state index is 11.2. The number of nitro groups is 1. The number of hydrogen-bond donors (Lipinski definition) is 1. The first-order valence-electron chi connectivity index (χ1n) is 7.06. The summed E-state index contributed by atoms with van der Waals surface area (Å²) in [6.45, 7) is 7.70. The fourth-order valence-electron chi connectivity index (χ4n) is 2.59. The molecule has 1 aliphatic rings.